The zero-order chi connectivity index (χ0) is 21.9. The van der Waals surface area contributed by atoms with Gasteiger partial charge in [0.1, 0.15) is 11.5 Å². The predicted octanol–water partition coefficient (Wildman–Crippen LogP) is 6.12. The van der Waals surface area contributed by atoms with Crippen LogP contribution in [0.2, 0.25) is 5.02 Å². The average Bonchev–Trinajstić information content (AvgIpc) is 2.66. The molecule has 0 amide bonds. The molecular formula is C22H26ClF3NO2. The van der Waals surface area contributed by atoms with E-state index in [9.17, 15) is 18.3 Å². The maximum Gasteiger partial charge on any atom is 0.416 e. The van der Waals surface area contributed by atoms with Crippen molar-refractivity contribution in [3.8, 4) is 11.5 Å². The Hall–Kier alpha value is -1.76. The SMILES string of the molecule is [CH2]CC(N)(CO)CCC(C)(C)c1ccc(Oc2ccc(C(F)(F)F)cc2)cc1Cl. The summed E-state index contributed by atoms with van der Waals surface area (Å²) >= 11 is 6.46. The van der Waals surface area contributed by atoms with Crippen LogP contribution in [0.3, 0.4) is 0 Å². The summed E-state index contributed by atoms with van der Waals surface area (Å²) in [7, 11) is 0. The van der Waals surface area contributed by atoms with E-state index in [2.05, 4.69) is 6.92 Å². The maximum atomic E-state index is 12.7. The summed E-state index contributed by atoms with van der Waals surface area (Å²) in [6, 6.07) is 9.67. The van der Waals surface area contributed by atoms with Crippen LogP contribution in [0.5, 0.6) is 11.5 Å². The zero-order valence-corrected chi connectivity index (χ0v) is 17.3. The van der Waals surface area contributed by atoms with Crippen molar-refractivity contribution in [3.05, 3.63) is 65.5 Å². The third-order valence-electron chi connectivity index (χ3n) is 5.15. The molecule has 159 valence electrons. The number of aliphatic hydroxyl groups excluding tert-OH is 1. The van der Waals surface area contributed by atoms with E-state index in [4.69, 9.17) is 22.1 Å². The fraction of sp³-hybridized carbons (Fsp3) is 0.409. The van der Waals surface area contributed by atoms with Gasteiger partial charge in [0, 0.05) is 10.6 Å². The van der Waals surface area contributed by atoms with E-state index in [1.54, 1.807) is 12.1 Å². The molecule has 1 atom stereocenters. The molecule has 2 aromatic carbocycles. The third kappa shape index (κ3) is 6.11. The lowest BCUT2D eigenvalue weighted by molar-refractivity contribution is -0.137. The van der Waals surface area contributed by atoms with Gasteiger partial charge in [0.05, 0.1) is 12.2 Å². The molecule has 0 fully saturated rings. The van der Waals surface area contributed by atoms with E-state index in [0.717, 1.165) is 17.7 Å². The van der Waals surface area contributed by atoms with Crippen molar-refractivity contribution in [2.75, 3.05) is 6.61 Å². The van der Waals surface area contributed by atoms with Gasteiger partial charge in [0.25, 0.3) is 0 Å². The summed E-state index contributed by atoms with van der Waals surface area (Å²) in [5, 5.41) is 9.96. The predicted molar refractivity (Wildman–Crippen MR) is 109 cm³/mol. The van der Waals surface area contributed by atoms with E-state index in [1.807, 2.05) is 19.9 Å². The number of nitrogens with two attached hydrogens (primary N) is 1. The summed E-state index contributed by atoms with van der Waals surface area (Å²) in [4.78, 5) is 0. The van der Waals surface area contributed by atoms with E-state index < -0.39 is 17.3 Å². The Morgan fingerprint density at radius 3 is 2.10 bits per heavy atom. The number of aliphatic hydroxyl groups is 1. The summed E-state index contributed by atoms with van der Waals surface area (Å²) in [6.07, 6.45) is -2.69. The van der Waals surface area contributed by atoms with E-state index >= 15 is 0 Å². The fourth-order valence-electron chi connectivity index (χ4n) is 2.94. The minimum atomic E-state index is -4.39. The van der Waals surface area contributed by atoms with Crippen LogP contribution in [0.25, 0.3) is 0 Å². The topological polar surface area (TPSA) is 55.5 Å². The number of hydrogen-bond acceptors (Lipinski definition) is 3. The Morgan fingerprint density at radius 1 is 1.03 bits per heavy atom. The van der Waals surface area contributed by atoms with Crippen LogP contribution in [0, 0.1) is 6.92 Å². The molecule has 0 heterocycles. The standard InChI is InChI=1S/C22H26ClF3NO2/c1-4-21(27,14-28)12-11-20(2,3)18-10-9-17(13-19(18)23)29-16-7-5-15(6-8-16)22(24,25)26/h5-10,13,28H,1,4,11-12,14,27H2,2-3H3. The van der Waals surface area contributed by atoms with Crippen molar-refractivity contribution in [3.63, 3.8) is 0 Å². The van der Waals surface area contributed by atoms with Crippen molar-refractivity contribution < 1.29 is 23.0 Å². The minimum absolute atomic E-state index is 0.139. The highest BCUT2D eigenvalue weighted by Crippen LogP contribution is 2.38. The highest BCUT2D eigenvalue weighted by atomic mass is 35.5. The van der Waals surface area contributed by atoms with Gasteiger partial charge >= 0.3 is 6.18 Å². The van der Waals surface area contributed by atoms with Crippen LogP contribution in [0.4, 0.5) is 13.2 Å². The molecule has 0 spiro atoms. The van der Waals surface area contributed by atoms with Crippen LogP contribution in [-0.4, -0.2) is 17.3 Å². The largest absolute Gasteiger partial charge is 0.457 e. The number of halogens is 4. The molecule has 2 rings (SSSR count). The lowest BCUT2D eigenvalue weighted by Gasteiger charge is -2.32. The van der Waals surface area contributed by atoms with Gasteiger partial charge in [0.15, 0.2) is 0 Å². The highest BCUT2D eigenvalue weighted by Gasteiger charge is 2.31. The normalized spacial score (nSPS) is 14.5. The minimum Gasteiger partial charge on any atom is -0.457 e. The Bertz CT molecular complexity index is 816. The summed E-state index contributed by atoms with van der Waals surface area (Å²) < 4.78 is 43.6. The quantitative estimate of drug-likeness (QED) is 0.532. The molecule has 1 radical (unpaired) electrons. The van der Waals surface area contributed by atoms with Gasteiger partial charge in [0.2, 0.25) is 0 Å². The van der Waals surface area contributed by atoms with Crippen molar-refractivity contribution in [2.45, 2.75) is 50.2 Å². The van der Waals surface area contributed by atoms with Crippen molar-refractivity contribution >= 4 is 11.6 Å². The van der Waals surface area contributed by atoms with E-state index in [-0.39, 0.29) is 17.8 Å². The molecule has 3 N–H and O–H groups in total. The molecular weight excluding hydrogens is 403 g/mol. The first-order valence-electron chi connectivity index (χ1n) is 9.24. The van der Waals surface area contributed by atoms with Gasteiger partial charge in [-0.25, -0.2) is 0 Å². The Morgan fingerprint density at radius 2 is 1.62 bits per heavy atom. The first-order valence-corrected chi connectivity index (χ1v) is 9.62. The number of hydrogen-bond donors (Lipinski definition) is 2. The Labute approximate surface area is 174 Å². The van der Waals surface area contributed by atoms with Crippen molar-refractivity contribution in [1.82, 2.24) is 0 Å². The van der Waals surface area contributed by atoms with E-state index in [0.29, 0.717) is 30.0 Å². The molecule has 29 heavy (non-hydrogen) atoms. The van der Waals surface area contributed by atoms with Gasteiger partial charge in [-0.15, -0.1) is 0 Å². The molecule has 0 aromatic heterocycles. The molecule has 1 unspecified atom stereocenters. The highest BCUT2D eigenvalue weighted by molar-refractivity contribution is 6.31. The number of rotatable bonds is 8. The molecule has 0 bridgehead atoms. The monoisotopic (exact) mass is 428 g/mol. The molecule has 3 nitrogen and oxygen atoms in total. The maximum absolute atomic E-state index is 12.7. The number of benzene rings is 2. The zero-order valence-electron chi connectivity index (χ0n) is 16.5. The van der Waals surface area contributed by atoms with E-state index in [1.165, 1.54) is 12.1 Å². The van der Waals surface area contributed by atoms with Crippen molar-refractivity contribution in [1.29, 1.82) is 0 Å². The molecule has 0 saturated heterocycles. The van der Waals surface area contributed by atoms with Crippen LogP contribution < -0.4 is 10.5 Å². The first kappa shape index (κ1) is 23.5. The summed E-state index contributed by atoms with van der Waals surface area (Å²) in [5.41, 5.74) is 5.25. The lowest BCUT2D eigenvalue weighted by Crippen LogP contribution is -2.44. The first-order chi connectivity index (χ1) is 13.4. The second kappa shape index (κ2) is 8.94. The summed E-state index contributed by atoms with van der Waals surface area (Å²) in [5.74, 6) is 0.711. The van der Waals surface area contributed by atoms with Gasteiger partial charge in [-0.05, 0) is 66.6 Å². The Balaban J connectivity index is 2.13. The number of ether oxygens (including phenoxy) is 1. The van der Waals surface area contributed by atoms with Crippen LogP contribution >= 0.6 is 11.6 Å². The Kier molecular flexibility index (Phi) is 7.25. The van der Waals surface area contributed by atoms with Crippen LogP contribution in [-0.2, 0) is 11.6 Å². The molecule has 0 saturated carbocycles. The molecule has 7 heteroatoms. The number of alkyl halides is 3. The average molecular weight is 429 g/mol. The molecule has 0 aliphatic rings. The van der Waals surface area contributed by atoms with Crippen molar-refractivity contribution in [2.24, 2.45) is 5.73 Å². The second-order valence-electron chi connectivity index (χ2n) is 7.92. The van der Waals surface area contributed by atoms with Gasteiger partial charge in [-0.2, -0.15) is 13.2 Å². The van der Waals surface area contributed by atoms with Gasteiger partial charge in [-0.3, -0.25) is 0 Å². The summed E-state index contributed by atoms with van der Waals surface area (Å²) in [6.45, 7) is 7.73. The third-order valence-corrected chi connectivity index (χ3v) is 5.46. The lowest BCUT2D eigenvalue weighted by atomic mass is 9.76. The van der Waals surface area contributed by atoms with Gasteiger partial charge in [-0.1, -0.05) is 38.4 Å². The molecule has 0 aliphatic carbocycles. The van der Waals surface area contributed by atoms with Crippen LogP contribution in [0.15, 0.2) is 42.5 Å². The smallest absolute Gasteiger partial charge is 0.416 e. The second-order valence-corrected chi connectivity index (χ2v) is 8.33. The van der Waals surface area contributed by atoms with Gasteiger partial charge < -0.3 is 15.6 Å². The fourth-order valence-corrected chi connectivity index (χ4v) is 3.36. The molecule has 2 aromatic rings. The van der Waals surface area contributed by atoms with Crippen LogP contribution in [0.1, 0.15) is 44.2 Å². The molecule has 0 aliphatic heterocycles.